The molecule has 2 rings (SSSR count). The maximum atomic E-state index is 11.8. The van der Waals surface area contributed by atoms with Crippen LogP contribution < -0.4 is 10.9 Å². The van der Waals surface area contributed by atoms with E-state index in [1.54, 1.807) is 0 Å². The highest BCUT2D eigenvalue weighted by atomic mass is 35.5. The van der Waals surface area contributed by atoms with Gasteiger partial charge in [-0.1, -0.05) is 11.6 Å². The number of carbonyl (C=O) groups is 1. The second-order valence-electron chi connectivity index (χ2n) is 4.02. The number of nitro groups is 1. The summed E-state index contributed by atoms with van der Waals surface area (Å²) in [5, 5.41) is 13.2. The third kappa shape index (κ3) is 3.63. The Balaban J connectivity index is 2.13. The highest BCUT2D eigenvalue weighted by Crippen LogP contribution is 2.27. The molecule has 0 spiro atoms. The molecular weight excluding hydrogens is 300 g/mol. The topological polar surface area (TPSA) is 107 Å². The van der Waals surface area contributed by atoms with Crippen molar-refractivity contribution in [1.29, 1.82) is 0 Å². The molecule has 1 aromatic heterocycles. The molecule has 0 unspecified atom stereocenters. The van der Waals surface area contributed by atoms with Crippen molar-refractivity contribution in [3.8, 4) is 0 Å². The lowest BCUT2D eigenvalue weighted by Gasteiger charge is -2.07. The molecule has 21 heavy (non-hydrogen) atoms. The molecule has 108 valence electrons. The molecule has 1 heterocycles. The molecule has 0 fully saturated rings. The Bertz CT molecular complexity index is 759. The Morgan fingerprint density at radius 3 is 2.86 bits per heavy atom. The normalized spacial score (nSPS) is 10.1. The van der Waals surface area contributed by atoms with Crippen molar-refractivity contribution in [1.82, 2.24) is 9.55 Å². The van der Waals surface area contributed by atoms with Gasteiger partial charge in [-0.15, -0.1) is 0 Å². The number of hydrogen-bond donors (Lipinski definition) is 1. The molecular formula is C12H9ClN4O4. The zero-order valence-corrected chi connectivity index (χ0v) is 11.3. The predicted octanol–water partition coefficient (Wildman–Crippen LogP) is 1.44. The molecule has 0 aliphatic rings. The van der Waals surface area contributed by atoms with Crippen molar-refractivity contribution in [2.24, 2.45) is 0 Å². The van der Waals surface area contributed by atoms with E-state index >= 15 is 0 Å². The van der Waals surface area contributed by atoms with E-state index < -0.39 is 10.8 Å². The third-order valence-electron chi connectivity index (χ3n) is 2.53. The first-order chi connectivity index (χ1) is 9.97. The van der Waals surface area contributed by atoms with Crippen molar-refractivity contribution in [3.05, 3.63) is 62.3 Å². The van der Waals surface area contributed by atoms with Gasteiger partial charge in [0.2, 0.25) is 5.91 Å². The highest BCUT2D eigenvalue weighted by Gasteiger charge is 2.14. The van der Waals surface area contributed by atoms with E-state index in [1.807, 2.05) is 0 Å². The first-order valence-electron chi connectivity index (χ1n) is 5.71. The Morgan fingerprint density at radius 2 is 2.19 bits per heavy atom. The third-order valence-corrected chi connectivity index (χ3v) is 2.85. The van der Waals surface area contributed by atoms with Crippen molar-refractivity contribution in [2.75, 3.05) is 5.32 Å². The van der Waals surface area contributed by atoms with Crippen LogP contribution in [0.4, 0.5) is 11.4 Å². The van der Waals surface area contributed by atoms with E-state index in [2.05, 4.69) is 10.3 Å². The molecule has 0 bridgehead atoms. The van der Waals surface area contributed by atoms with Crippen molar-refractivity contribution in [2.45, 2.75) is 6.54 Å². The second kappa shape index (κ2) is 6.14. The van der Waals surface area contributed by atoms with Crippen LogP contribution in [0.2, 0.25) is 5.02 Å². The van der Waals surface area contributed by atoms with Gasteiger partial charge in [0.15, 0.2) is 0 Å². The number of aromatic nitrogens is 2. The molecule has 0 aliphatic carbocycles. The molecule has 0 saturated carbocycles. The number of nitrogens with zero attached hydrogens (tertiary/aromatic N) is 3. The van der Waals surface area contributed by atoms with E-state index in [-0.39, 0.29) is 28.5 Å². The van der Waals surface area contributed by atoms with Gasteiger partial charge in [0, 0.05) is 24.0 Å². The van der Waals surface area contributed by atoms with Gasteiger partial charge in [0.05, 0.1) is 11.3 Å². The Labute approximate surface area is 123 Å². The first-order valence-corrected chi connectivity index (χ1v) is 6.09. The zero-order chi connectivity index (χ0) is 15.4. The number of benzene rings is 1. The average Bonchev–Trinajstić information content (AvgIpc) is 2.43. The van der Waals surface area contributed by atoms with Crippen LogP contribution in [0, 0.1) is 10.1 Å². The van der Waals surface area contributed by atoms with Crippen LogP contribution in [-0.4, -0.2) is 20.4 Å². The van der Waals surface area contributed by atoms with Gasteiger partial charge < -0.3 is 5.32 Å². The van der Waals surface area contributed by atoms with E-state index in [1.165, 1.54) is 30.7 Å². The largest absolute Gasteiger partial charge is 0.324 e. The summed E-state index contributed by atoms with van der Waals surface area (Å²) in [6.07, 6.45) is 2.55. The van der Waals surface area contributed by atoms with Gasteiger partial charge in [-0.05, 0) is 12.1 Å². The monoisotopic (exact) mass is 308 g/mol. The minimum atomic E-state index is -0.649. The number of nitrogens with one attached hydrogen (secondary N) is 1. The molecule has 2 aromatic rings. The molecule has 0 atom stereocenters. The van der Waals surface area contributed by atoms with Crippen molar-refractivity contribution >= 4 is 28.9 Å². The number of halogens is 1. The average molecular weight is 309 g/mol. The quantitative estimate of drug-likeness (QED) is 0.679. The molecule has 0 radical (unpaired) electrons. The van der Waals surface area contributed by atoms with E-state index in [0.29, 0.717) is 0 Å². The number of nitro benzene ring substituents is 1. The summed E-state index contributed by atoms with van der Waals surface area (Å²) in [5.41, 5.74) is -0.469. The summed E-state index contributed by atoms with van der Waals surface area (Å²) in [6, 6.07) is 5.11. The maximum absolute atomic E-state index is 11.8. The molecule has 8 nitrogen and oxygen atoms in total. The summed E-state index contributed by atoms with van der Waals surface area (Å²) >= 11 is 5.67. The summed E-state index contributed by atoms with van der Waals surface area (Å²) in [6.45, 7) is -0.247. The van der Waals surface area contributed by atoms with Crippen molar-refractivity contribution < 1.29 is 9.72 Å². The lowest BCUT2D eigenvalue weighted by atomic mass is 10.3. The van der Waals surface area contributed by atoms with Crippen LogP contribution >= 0.6 is 11.6 Å². The SMILES string of the molecule is O=C(Cn1cnccc1=O)Nc1ccc(Cl)c([N+](=O)[O-])c1. The van der Waals surface area contributed by atoms with Crippen LogP contribution in [0.15, 0.2) is 41.6 Å². The van der Waals surface area contributed by atoms with Gasteiger partial charge in [-0.2, -0.15) is 0 Å². The van der Waals surface area contributed by atoms with Gasteiger partial charge >= 0.3 is 0 Å². The van der Waals surface area contributed by atoms with Crippen LogP contribution in [0.1, 0.15) is 0 Å². The number of rotatable bonds is 4. The Kier molecular flexibility index (Phi) is 4.29. The summed E-state index contributed by atoms with van der Waals surface area (Å²) < 4.78 is 1.11. The smallest absolute Gasteiger partial charge is 0.289 e. The first kappa shape index (κ1) is 14.7. The number of anilines is 1. The fourth-order valence-corrected chi connectivity index (χ4v) is 1.77. The Morgan fingerprint density at radius 1 is 1.43 bits per heavy atom. The molecule has 9 heteroatoms. The van der Waals surface area contributed by atoms with Crippen LogP contribution in [0.5, 0.6) is 0 Å². The molecule has 1 N–H and O–H groups in total. The fourth-order valence-electron chi connectivity index (χ4n) is 1.58. The standard InChI is InChI=1S/C12H9ClN4O4/c13-9-2-1-8(5-10(9)17(20)21)15-11(18)6-16-7-14-4-3-12(16)19/h1-5,7H,6H2,(H,15,18). The summed E-state index contributed by atoms with van der Waals surface area (Å²) in [4.78, 5) is 37.1. The van der Waals surface area contributed by atoms with E-state index in [4.69, 9.17) is 11.6 Å². The second-order valence-corrected chi connectivity index (χ2v) is 4.43. The number of hydrogen-bond acceptors (Lipinski definition) is 5. The highest BCUT2D eigenvalue weighted by molar-refractivity contribution is 6.32. The number of amides is 1. The van der Waals surface area contributed by atoms with Gasteiger partial charge in [-0.3, -0.25) is 24.3 Å². The minimum absolute atomic E-state index is 0.0264. The number of carbonyl (C=O) groups excluding carboxylic acids is 1. The summed E-state index contributed by atoms with van der Waals surface area (Å²) in [7, 11) is 0. The lowest BCUT2D eigenvalue weighted by molar-refractivity contribution is -0.384. The van der Waals surface area contributed by atoms with E-state index in [0.717, 1.165) is 10.6 Å². The van der Waals surface area contributed by atoms with E-state index in [9.17, 15) is 19.7 Å². The molecule has 0 saturated heterocycles. The Hall–Kier alpha value is -2.74. The maximum Gasteiger partial charge on any atom is 0.289 e. The van der Waals surface area contributed by atoms with Crippen LogP contribution in [-0.2, 0) is 11.3 Å². The summed E-state index contributed by atoms with van der Waals surface area (Å²) in [5.74, 6) is -0.512. The minimum Gasteiger partial charge on any atom is -0.324 e. The van der Waals surface area contributed by atoms with Gasteiger partial charge in [0.1, 0.15) is 11.6 Å². The van der Waals surface area contributed by atoms with Crippen molar-refractivity contribution in [3.63, 3.8) is 0 Å². The lowest BCUT2D eigenvalue weighted by Crippen LogP contribution is -2.27. The fraction of sp³-hybridized carbons (Fsp3) is 0.0833. The molecule has 0 aliphatic heterocycles. The molecule has 1 aromatic carbocycles. The van der Waals surface area contributed by atoms with Gasteiger partial charge in [-0.25, -0.2) is 4.98 Å². The van der Waals surface area contributed by atoms with Gasteiger partial charge in [0.25, 0.3) is 11.2 Å². The van der Waals surface area contributed by atoms with Crippen LogP contribution in [0.25, 0.3) is 0 Å². The zero-order valence-electron chi connectivity index (χ0n) is 10.5. The van der Waals surface area contributed by atoms with Crippen LogP contribution in [0.3, 0.4) is 0 Å². The predicted molar refractivity (Wildman–Crippen MR) is 75.2 cm³/mol. The molecule has 1 amide bonds.